The van der Waals surface area contributed by atoms with E-state index in [-0.39, 0.29) is 16.7 Å². The SMILES string of the molecule is CCN(CC)CCCn1c(SC(C)C(=O)N2CCc3ccccc3C2)nc2ccccc2c1=O. The minimum absolute atomic E-state index is 0.0285. The van der Waals surface area contributed by atoms with Crippen LogP contribution in [0.5, 0.6) is 0 Å². The van der Waals surface area contributed by atoms with Crippen molar-refractivity contribution in [2.24, 2.45) is 0 Å². The van der Waals surface area contributed by atoms with E-state index < -0.39 is 0 Å². The second kappa shape index (κ2) is 11.2. The molecule has 6 nitrogen and oxygen atoms in total. The fourth-order valence-corrected chi connectivity index (χ4v) is 5.60. The van der Waals surface area contributed by atoms with Crippen molar-refractivity contribution in [3.8, 4) is 0 Å². The maximum Gasteiger partial charge on any atom is 0.262 e. The molecule has 1 atom stereocenters. The number of nitrogens with zero attached hydrogens (tertiary/aromatic N) is 4. The molecule has 1 unspecified atom stereocenters. The molecule has 1 aromatic heterocycles. The van der Waals surface area contributed by atoms with Crippen molar-refractivity contribution in [3.05, 3.63) is 70.0 Å². The van der Waals surface area contributed by atoms with Gasteiger partial charge in [0.2, 0.25) is 5.91 Å². The largest absolute Gasteiger partial charge is 0.337 e. The van der Waals surface area contributed by atoms with Crippen LogP contribution in [-0.2, 0) is 24.3 Å². The van der Waals surface area contributed by atoms with Crippen LogP contribution in [0.4, 0.5) is 0 Å². The predicted octanol–water partition coefficient (Wildman–Crippen LogP) is 4.19. The minimum atomic E-state index is -0.327. The average molecular weight is 479 g/mol. The maximum absolute atomic E-state index is 13.4. The second-order valence-electron chi connectivity index (χ2n) is 8.79. The topological polar surface area (TPSA) is 58.4 Å². The Kier molecular flexibility index (Phi) is 8.06. The molecule has 180 valence electrons. The fraction of sp³-hybridized carbons (Fsp3) is 0.444. The smallest absolute Gasteiger partial charge is 0.262 e. The van der Waals surface area contributed by atoms with Crippen LogP contribution in [0, 0.1) is 0 Å². The van der Waals surface area contributed by atoms with Gasteiger partial charge >= 0.3 is 0 Å². The van der Waals surface area contributed by atoms with Gasteiger partial charge in [-0.3, -0.25) is 14.2 Å². The predicted molar refractivity (Wildman–Crippen MR) is 139 cm³/mol. The van der Waals surface area contributed by atoms with Crippen LogP contribution in [0.1, 0.15) is 38.3 Å². The summed E-state index contributed by atoms with van der Waals surface area (Å²) in [7, 11) is 0. The molecule has 0 radical (unpaired) electrons. The van der Waals surface area contributed by atoms with Crippen molar-refractivity contribution in [1.29, 1.82) is 0 Å². The van der Waals surface area contributed by atoms with E-state index in [1.807, 2.05) is 42.2 Å². The highest BCUT2D eigenvalue weighted by Crippen LogP contribution is 2.26. The molecule has 0 spiro atoms. The molecule has 1 amide bonds. The number of fused-ring (bicyclic) bond motifs is 2. The summed E-state index contributed by atoms with van der Waals surface area (Å²) in [6.45, 7) is 11.1. The van der Waals surface area contributed by atoms with Gasteiger partial charge in [0.05, 0.1) is 16.2 Å². The summed E-state index contributed by atoms with van der Waals surface area (Å²) < 4.78 is 1.77. The van der Waals surface area contributed by atoms with E-state index >= 15 is 0 Å². The first-order chi connectivity index (χ1) is 16.5. The number of amides is 1. The summed E-state index contributed by atoms with van der Waals surface area (Å²) in [5, 5.41) is 0.926. The van der Waals surface area contributed by atoms with Crippen molar-refractivity contribution in [2.75, 3.05) is 26.2 Å². The summed E-state index contributed by atoms with van der Waals surface area (Å²) in [6.07, 6.45) is 1.74. The lowest BCUT2D eigenvalue weighted by atomic mass is 10.00. The van der Waals surface area contributed by atoms with Crippen LogP contribution in [0.2, 0.25) is 0 Å². The molecule has 1 aliphatic rings. The van der Waals surface area contributed by atoms with E-state index in [9.17, 15) is 9.59 Å². The van der Waals surface area contributed by atoms with Crippen molar-refractivity contribution in [1.82, 2.24) is 19.4 Å². The number of para-hydroxylation sites is 1. The number of benzene rings is 2. The number of aromatic nitrogens is 2. The molecular formula is C27H34N4O2S. The Morgan fingerprint density at radius 2 is 1.79 bits per heavy atom. The number of hydrogen-bond donors (Lipinski definition) is 0. The Morgan fingerprint density at radius 3 is 2.56 bits per heavy atom. The highest BCUT2D eigenvalue weighted by molar-refractivity contribution is 8.00. The third kappa shape index (κ3) is 5.36. The number of carbonyl (C=O) groups is 1. The van der Waals surface area contributed by atoms with Gasteiger partial charge < -0.3 is 9.80 Å². The molecule has 2 heterocycles. The summed E-state index contributed by atoms with van der Waals surface area (Å²) in [6, 6.07) is 15.8. The highest BCUT2D eigenvalue weighted by Gasteiger charge is 2.26. The summed E-state index contributed by atoms with van der Waals surface area (Å²) in [5.41, 5.74) is 3.20. The number of thioether (sulfide) groups is 1. The van der Waals surface area contributed by atoms with Gasteiger partial charge in [-0.05, 0) is 62.7 Å². The van der Waals surface area contributed by atoms with Crippen LogP contribution in [-0.4, -0.2) is 56.7 Å². The van der Waals surface area contributed by atoms with Crippen molar-refractivity contribution < 1.29 is 4.79 Å². The molecule has 34 heavy (non-hydrogen) atoms. The first-order valence-corrected chi connectivity index (χ1v) is 13.1. The van der Waals surface area contributed by atoms with Crippen LogP contribution in [0.3, 0.4) is 0 Å². The quantitative estimate of drug-likeness (QED) is 0.341. The van der Waals surface area contributed by atoms with E-state index in [1.165, 1.54) is 22.9 Å². The molecule has 7 heteroatoms. The summed E-state index contributed by atoms with van der Waals surface area (Å²) in [5.74, 6) is 0.0941. The lowest BCUT2D eigenvalue weighted by Gasteiger charge is -2.30. The molecule has 3 aromatic rings. The molecule has 0 N–H and O–H groups in total. The van der Waals surface area contributed by atoms with E-state index in [4.69, 9.17) is 4.98 Å². The molecule has 0 saturated carbocycles. The lowest BCUT2D eigenvalue weighted by molar-refractivity contribution is -0.131. The van der Waals surface area contributed by atoms with Gasteiger partial charge in [0.15, 0.2) is 5.16 Å². The fourth-order valence-electron chi connectivity index (χ4n) is 4.58. The van der Waals surface area contributed by atoms with Crippen molar-refractivity contribution >= 4 is 28.6 Å². The molecular weight excluding hydrogens is 444 g/mol. The zero-order valence-corrected chi connectivity index (χ0v) is 21.2. The Balaban J connectivity index is 1.55. The maximum atomic E-state index is 13.4. The lowest BCUT2D eigenvalue weighted by Crippen LogP contribution is -2.40. The molecule has 0 bridgehead atoms. The minimum Gasteiger partial charge on any atom is -0.337 e. The molecule has 0 saturated heterocycles. The molecule has 0 fully saturated rings. The van der Waals surface area contributed by atoms with Gasteiger partial charge in [-0.25, -0.2) is 4.98 Å². The summed E-state index contributed by atoms with van der Waals surface area (Å²) in [4.78, 5) is 35.8. The van der Waals surface area contributed by atoms with E-state index in [1.54, 1.807) is 4.57 Å². The average Bonchev–Trinajstić information content (AvgIpc) is 2.87. The number of rotatable bonds is 9. The monoisotopic (exact) mass is 478 g/mol. The number of carbonyl (C=O) groups excluding carboxylic acids is 1. The third-order valence-corrected chi connectivity index (χ3v) is 7.73. The van der Waals surface area contributed by atoms with Gasteiger partial charge in [-0.15, -0.1) is 0 Å². The molecule has 4 rings (SSSR count). The van der Waals surface area contributed by atoms with Gasteiger partial charge in [0.25, 0.3) is 5.56 Å². The first kappa shape index (κ1) is 24.5. The van der Waals surface area contributed by atoms with Gasteiger partial charge in [0, 0.05) is 19.6 Å². The van der Waals surface area contributed by atoms with Gasteiger partial charge in [-0.2, -0.15) is 0 Å². The standard InChI is InChI=1S/C27H34N4O2S/c1-4-29(5-2)16-10-17-31-26(33)23-13-8-9-14-24(23)28-27(31)34-20(3)25(32)30-18-15-21-11-6-7-12-22(21)19-30/h6-9,11-14,20H,4-5,10,15-19H2,1-3H3. The van der Waals surface area contributed by atoms with E-state index in [0.29, 0.717) is 29.1 Å². The van der Waals surface area contributed by atoms with Crippen LogP contribution < -0.4 is 5.56 Å². The first-order valence-electron chi connectivity index (χ1n) is 12.3. The Bertz CT molecular complexity index is 1200. The van der Waals surface area contributed by atoms with Gasteiger partial charge in [0.1, 0.15) is 0 Å². The molecule has 1 aliphatic heterocycles. The highest BCUT2D eigenvalue weighted by atomic mass is 32.2. The molecule has 0 aliphatic carbocycles. The Morgan fingerprint density at radius 1 is 1.09 bits per heavy atom. The third-order valence-electron chi connectivity index (χ3n) is 6.65. The zero-order chi connectivity index (χ0) is 24.1. The van der Waals surface area contributed by atoms with Gasteiger partial charge in [-0.1, -0.05) is 62.0 Å². The number of hydrogen-bond acceptors (Lipinski definition) is 5. The Hall–Kier alpha value is -2.64. The second-order valence-corrected chi connectivity index (χ2v) is 10.1. The normalized spacial score (nSPS) is 14.4. The Labute approximate surface area is 206 Å². The van der Waals surface area contributed by atoms with Crippen LogP contribution in [0.25, 0.3) is 10.9 Å². The van der Waals surface area contributed by atoms with Crippen LogP contribution >= 0.6 is 11.8 Å². The molecule has 2 aromatic carbocycles. The van der Waals surface area contributed by atoms with Crippen molar-refractivity contribution in [3.63, 3.8) is 0 Å². The summed E-state index contributed by atoms with van der Waals surface area (Å²) >= 11 is 1.40. The van der Waals surface area contributed by atoms with Crippen molar-refractivity contribution in [2.45, 2.75) is 57.1 Å². The van der Waals surface area contributed by atoms with E-state index in [0.717, 1.165) is 39.0 Å². The zero-order valence-electron chi connectivity index (χ0n) is 20.4. The van der Waals surface area contributed by atoms with Crippen LogP contribution in [0.15, 0.2) is 58.5 Å². The van der Waals surface area contributed by atoms with E-state index in [2.05, 4.69) is 36.9 Å².